The van der Waals surface area contributed by atoms with Crippen molar-refractivity contribution in [2.45, 2.75) is 11.0 Å². The number of hydrogen-bond donors (Lipinski definition) is 0. The Morgan fingerprint density at radius 2 is 2.20 bits per heavy atom. The number of aromatic nitrogens is 1. The molecule has 0 aliphatic rings. The van der Waals surface area contributed by atoms with E-state index in [4.69, 9.17) is 0 Å². The highest BCUT2D eigenvalue weighted by Gasteiger charge is 2.08. The van der Waals surface area contributed by atoms with Gasteiger partial charge in [0.2, 0.25) is 0 Å². The first-order valence-electron chi connectivity index (χ1n) is 4.71. The molecule has 1 nitrogen and oxygen atoms in total. The van der Waals surface area contributed by atoms with Crippen LogP contribution in [0.5, 0.6) is 0 Å². The van der Waals surface area contributed by atoms with E-state index in [0.29, 0.717) is 0 Å². The first-order valence-corrected chi connectivity index (χ1v) is 7.31. The molecule has 0 saturated carbocycles. The van der Waals surface area contributed by atoms with Gasteiger partial charge in [0.1, 0.15) is 0 Å². The lowest BCUT2D eigenvalue weighted by atomic mass is 10.2. The lowest BCUT2D eigenvalue weighted by Gasteiger charge is -2.00. The fraction of sp³-hybridized carbons (Fsp3) is 0.167. The van der Waals surface area contributed by atoms with E-state index in [1.807, 2.05) is 6.08 Å². The summed E-state index contributed by atoms with van der Waals surface area (Å²) in [7, 11) is 0. The van der Waals surface area contributed by atoms with E-state index in [0.717, 1.165) is 11.0 Å². The summed E-state index contributed by atoms with van der Waals surface area (Å²) in [6.45, 7) is 4.68. The van der Waals surface area contributed by atoms with Gasteiger partial charge < -0.3 is 4.57 Å². The number of rotatable bonds is 3. The average Bonchev–Trinajstić information content (AvgIpc) is 2.59. The number of fused-ring (bicyclic) bond motifs is 1. The molecule has 0 radical (unpaired) electrons. The Morgan fingerprint density at radius 3 is 2.87 bits per heavy atom. The molecular weight excluding hydrogens is 412 g/mol. The van der Waals surface area contributed by atoms with E-state index in [2.05, 4.69) is 80.7 Å². The Morgan fingerprint density at radius 1 is 1.40 bits per heavy atom. The molecule has 0 aliphatic carbocycles. The summed E-state index contributed by atoms with van der Waals surface area (Å²) < 4.78 is 4.65. The molecule has 1 heterocycles. The zero-order valence-corrected chi connectivity index (χ0v) is 12.5. The Kier molecular flexibility index (Phi) is 3.71. The molecule has 2 aromatic rings. The number of hydrogen-bond acceptors (Lipinski definition) is 0. The number of nitrogens with zero attached hydrogens (tertiary/aromatic N) is 1. The normalized spacial score (nSPS) is 10.8. The third-order valence-electron chi connectivity index (χ3n) is 2.40. The van der Waals surface area contributed by atoms with Crippen molar-refractivity contribution in [1.82, 2.24) is 4.57 Å². The zero-order valence-electron chi connectivity index (χ0n) is 8.21. The van der Waals surface area contributed by atoms with Gasteiger partial charge in [-0.2, -0.15) is 0 Å². The molecule has 0 spiro atoms. The van der Waals surface area contributed by atoms with Crippen molar-refractivity contribution >= 4 is 56.1 Å². The lowest BCUT2D eigenvalue weighted by molar-refractivity contribution is 0.862. The van der Waals surface area contributed by atoms with Crippen molar-refractivity contribution in [3.05, 3.63) is 46.2 Å². The fourth-order valence-corrected chi connectivity index (χ4v) is 3.19. The second-order valence-corrected chi connectivity index (χ2v) is 5.29. The van der Waals surface area contributed by atoms with Gasteiger partial charge in [0.15, 0.2) is 0 Å². The largest absolute Gasteiger partial charge is 0.343 e. The maximum atomic E-state index is 3.80. The molecular formula is C12H11I2N. The molecule has 0 unspecified atom stereocenters. The van der Waals surface area contributed by atoms with Crippen LogP contribution in [0.1, 0.15) is 5.56 Å². The molecule has 78 valence electrons. The van der Waals surface area contributed by atoms with E-state index in [1.165, 1.54) is 20.0 Å². The van der Waals surface area contributed by atoms with Gasteiger partial charge in [0, 0.05) is 31.6 Å². The quantitative estimate of drug-likeness (QED) is 0.393. The maximum Gasteiger partial charge on any atom is 0.0497 e. The van der Waals surface area contributed by atoms with Gasteiger partial charge in [-0.3, -0.25) is 0 Å². The minimum absolute atomic E-state index is 0.882. The van der Waals surface area contributed by atoms with Crippen molar-refractivity contribution in [3.63, 3.8) is 0 Å². The third kappa shape index (κ3) is 2.08. The van der Waals surface area contributed by atoms with E-state index < -0.39 is 0 Å². The molecule has 0 atom stereocenters. The molecule has 0 fully saturated rings. The summed E-state index contributed by atoms with van der Waals surface area (Å²) in [4.78, 5) is 0. The van der Waals surface area contributed by atoms with Gasteiger partial charge >= 0.3 is 0 Å². The fourth-order valence-electron chi connectivity index (χ4n) is 1.78. The Balaban J connectivity index is 2.74. The van der Waals surface area contributed by atoms with Crippen molar-refractivity contribution < 1.29 is 0 Å². The summed E-state index contributed by atoms with van der Waals surface area (Å²) >= 11 is 4.82. The average molecular weight is 423 g/mol. The van der Waals surface area contributed by atoms with E-state index in [9.17, 15) is 0 Å². The number of allylic oxidation sites excluding steroid dienone is 1. The standard InChI is InChI=1S/C12H11I2N/c1-2-6-15-8-9(7-13)12-10(14)4-3-5-11(12)15/h2-5,8H,1,6-7H2. The zero-order chi connectivity index (χ0) is 10.8. The van der Waals surface area contributed by atoms with Crippen LogP contribution in [0.25, 0.3) is 10.9 Å². The van der Waals surface area contributed by atoms with Crippen LogP contribution in [-0.2, 0) is 11.0 Å². The van der Waals surface area contributed by atoms with Crippen molar-refractivity contribution in [3.8, 4) is 0 Å². The third-order valence-corrected chi connectivity index (χ3v) is 4.12. The number of alkyl halides is 1. The monoisotopic (exact) mass is 423 g/mol. The van der Waals surface area contributed by atoms with Crippen LogP contribution in [0, 0.1) is 3.57 Å². The van der Waals surface area contributed by atoms with Crippen molar-refractivity contribution in [1.29, 1.82) is 0 Å². The second-order valence-electron chi connectivity index (χ2n) is 3.36. The van der Waals surface area contributed by atoms with Crippen LogP contribution < -0.4 is 0 Å². The first-order chi connectivity index (χ1) is 7.27. The molecule has 15 heavy (non-hydrogen) atoms. The molecule has 2 rings (SSSR count). The van der Waals surface area contributed by atoms with Gasteiger partial charge in [0.05, 0.1) is 0 Å². The van der Waals surface area contributed by atoms with Crippen LogP contribution in [0.15, 0.2) is 37.1 Å². The summed E-state index contributed by atoms with van der Waals surface area (Å²) in [6, 6.07) is 6.45. The van der Waals surface area contributed by atoms with Crippen LogP contribution >= 0.6 is 45.2 Å². The molecule has 0 N–H and O–H groups in total. The number of benzene rings is 1. The Hall–Kier alpha value is -0.0400. The van der Waals surface area contributed by atoms with Crippen molar-refractivity contribution in [2.24, 2.45) is 0 Å². The van der Waals surface area contributed by atoms with Crippen LogP contribution in [0.2, 0.25) is 0 Å². The summed E-state index contributed by atoms with van der Waals surface area (Å²) in [6.07, 6.45) is 4.18. The minimum atomic E-state index is 0.882. The molecule has 0 bridgehead atoms. The van der Waals surface area contributed by atoms with Gasteiger partial charge in [-0.15, -0.1) is 6.58 Å². The number of halogens is 2. The van der Waals surface area contributed by atoms with E-state index >= 15 is 0 Å². The summed E-state index contributed by atoms with van der Waals surface area (Å²) in [5.74, 6) is 0. The van der Waals surface area contributed by atoms with Crippen LogP contribution in [0.3, 0.4) is 0 Å². The molecule has 0 amide bonds. The predicted molar refractivity (Wildman–Crippen MR) is 82.6 cm³/mol. The highest BCUT2D eigenvalue weighted by atomic mass is 127. The van der Waals surface area contributed by atoms with Crippen molar-refractivity contribution in [2.75, 3.05) is 0 Å². The lowest BCUT2D eigenvalue weighted by Crippen LogP contribution is -1.91. The van der Waals surface area contributed by atoms with Crippen LogP contribution in [-0.4, -0.2) is 4.57 Å². The molecule has 0 saturated heterocycles. The Labute approximate surface area is 117 Å². The SMILES string of the molecule is C=CCn1cc(CI)c2c(I)cccc21. The highest BCUT2D eigenvalue weighted by molar-refractivity contribution is 14.1. The summed E-state index contributed by atoms with van der Waals surface area (Å²) in [5.41, 5.74) is 2.73. The minimum Gasteiger partial charge on any atom is -0.343 e. The molecule has 3 heteroatoms. The van der Waals surface area contributed by atoms with Gasteiger partial charge in [-0.25, -0.2) is 0 Å². The van der Waals surface area contributed by atoms with Gasteiger partial charge in [-0.1, -0.05) is 34.7 Å². The first kappa shape index (κ1) is 11.4. The van der Waals surface area contributed by atoms with Gasteiger partial charge in [-0.05, 0) is 40.3 Å². The second kappa shape index (κ2) is 4.86. The van der Waals surface area contributed by atoms with E-state index in [-0.39, 0.29) is 0 Å². The topological polar surface area (TPSA) is 4.93 Å². The van der Waals surface area contributed by atoms with E-state index in [1.54, 1.807) is 0 Å². The maximum absolute atomic E-state index is 3.80. The highest BCUT2D eigenvalue weighted by Crippen LogP contribution is 2.28. The van der Waals surface area contributed by atoms with Gasteiger partial charge in [0.25, 0.3) is 0 Å². The van der Waals surface area contributed by atoms with Crippen LogP contribution in [0.4, 0.5) is 0 Å². The molecule has 0 aliphatic heterocycles. The smallest absolute Gasteiger partial charge is 0.0497 e. The molecule has 1 aromatic heterocycles. The molecule has 1 aromatic carbocycles. The predicted octanol–water partition coefficient (Wildman–Crippen LogP) is 4.37. The summed E-state index contributed by atoms with van der Waals surface area (Å²) in [5, 5.41) is 1.40. The Bertz CT molecular complexity index is 500.